The van der Waals surface area contributed by atoms with Crippen LogP contribution in [0.25, 0.3) is 0 Å². The van der Waals surface area contributed by atoms with Gasteiger partial charge in [-0.3, -0.25) is 0 Å². The van der Waals surface area contributed by atoms with Crippen LogP contribution in [0.3, 0.4) is 0 Å². The molecule has 2 atom stereocenters. The van der Waals surface area contributed by atoms with Crippen LogP contribution in [0.4, 0.5) is 0 Å². The minimum atomic E-state index is 0.348. The average Bonchev–Trinajstić information content (AvgIpc) is 2.67. The van der Waals surface area contributed by atoms with E-state index in [4.69, 9.17) is 4.74 Å². The van der Waals surface area contributed by atoms with Crippen LogP contribution in [-0.2, 0) is 4.74 Å². The molecule has 0 amide bonds. The third-order valence-corrected chi connectivity index (χ3v) is 3.43. The minimum absolute atomic E-state index is 0.348. The summed E-state index contributed by atoms with van der Waals surface area (Å²) in [4.78, 5) is 0. The van der Waals surface area contributed by atoms with E-state index in [2.05, 4.69) is 46.9 Å². The maximum atomic E-state index is 5.89. The number of ether oxygens (including phenoxy) is 1. The highest BCUT2D eigenvalue weighted by atomic mass is 127. The normalized spacial score (nSPS) is 27.8. The van der Waals surface area contributed by atoms with Gasteiger partial charge in [0.25, 0.3) is 0 Å². The van der Waals surface area contributed by atoms with Gasteiger partial charge in [-0.05, 0) is 18.4 Å². The molecule has 0 saturated carbocycles. The Morgan fingerprint density at radius 2 is 2.00 bits per heavy atom. The molecular weight excluding hydrogens is 275 g/mol. The van der Waals surface area contributed by atoms with Crippen molar-refractivity contribution in [2.75, 3.05) is 4.43 Å². The summed E-state index contributed by atoms with van der Waals surface area (Å²) in [5, 5.41) is 0. The molecule has 1 heterocycles. The Morgan fingerprint density at radius 1 is 1.23 bits per heavy atom. The molecule has 1 saturated heterocycles. The standard InChI is InChI=1S/C11H13IO/c12-8-10-6-7-11(13-10)9-4-2-1-3-5-9/h1-5,10-11H,6-8H2/t10-,11-/m1/s1. The summed E-state index contributed by atoms with van der Waals surface area (Å²) in [6.45, 7) is 0. The van der Waals surface area contributed by atoms with E-state index in [0.29, 0.717) is 12.2 Å². The van der Waals surface area contributed by atoms with E-state index in [9.17, 15) is 0 Å². The Balaban J connectivity index is 2.04. The molecule has 0 unspecified atom stereocenters. The van der Waals surface area contributed by atoms with Gasteiger partial charge in [-0.1, -0.05) is 52.9 Å². The summed E-state index contributed by atoms with van der Waals surface area (Å²) < 4.78 is 7.00. The number of hydrogen-bond donors (Lipinski definition) is 0. The van der Waals surface area contributed by atoms with Crippen molar-refractivity contribution >= 4 is 22.6 Å². The van der Waals surface area contributed by atoms with Crippen LogP contribution in [0.1, 0.15) is 24.5 Å². The van der Waals surface area contributed by atoms with Crippen LogP contribution in [0.15, 0.2) is 30.3 Å². The van der Waals surface area contributed by atoms with Gasteiger partial charge >= 0.3 is 0 Å². The lowest BCUT2D eigenvalue weighted by Gasteiger charge is -2.11. The molecule has 1 aliphatic heterocycles. The number of rotatable bonds is 2. The highest BCUT2D eigenvalue weighted by Gasteiger charge is 2.24. The Labute approximate surface area is 92.6 Å². The van der Waals surface area contributed by atoms with Crippen LogP contribution in [-0.4, -0.2) is 10.5 Å². The molecule has 13 heavy (non-hydrogen) atoms. The Bertz CT molecular complexity index is 260. The smallest absolute Gasteiger partial charge is 0.0830 e. The van der Waals surface area contributed by atoms with Gasteiger partial charge in [0, 0.05) is 4.43 Å². The predicted octanol–water partition coefficient (Wildman–Crippen LogP) is 3.34. The van der Waals surface area contributed by atoms with Crippen LogP contribution in [0, 0.1) is 0 Å². The monoisotopic (exact) mass is 288 g/mol. The SMILES string of the molecule is IC[C@H]1CC[C@H](c2ccccc2)O1. The third-order valence-electron chi connectivity index (χ3n) is 2.45. The van der Waals surface area contributed by atoms with Crippen molar-refractivity contribution in [3.8, 4) is 0 Å². The van der Waals surface area contributed by atoms with Gasteiger partial charge < -0.3 is 4.74 Å². The van der Waals surface area contributed by atoms with Gasteiger partial charge in [-0.2, -0.15) is 0 Å². The Kier molecular flexibility index (Phi) is 3.22. The summed E-state index contributed by atoms with van der Waals surface area (Å²) in [7, 11) is 0. The first-order chi connectivity index (χ1) is 6.40. The van der Waals surface area contributed by atoms with Crippen molar-refractivity contribution in [2.24, 2.45) is 0 Å². The topological polar surface area (TPSA) is 9.23 Å². The fourth-order valence-electron chi connectivity index (χ4n) is 1.73. The van der Waals surface area contributed by atoms with Crippen molar-refractivity contribution in [1.82, 2.24) is 0 Å². The molecule has 1 nitrogen and oxygen atoms in total. The molecule has 70 valence electrons. The minimum Gasteiger partial charge on any atom is -0.370 e. The van der Waals surface area contributed by atoms with Crippen LogP contribution in [0.5, 0.6) is 0 Å². The first-order valence-electron chi connectivity index (χ1n) is 4.66. The highest BCUT2D eigenvalue weighted by Crippen LogP contribution is 2.32. The van der Waals surface area contributed by atoms with E-state index in [1.54, 1.807) is 0 Å². The van der Waals surface area contributed by atoms with E-state index >= 15 is 0 Å². The van der Waals surface area contributed by atoms with Gasteiger partial charge in [0.15, 0.2) is 0 Å². The summed E-state index contributed by atoms with van der Waals surface area (Å²) in [5.74, 6) is 0. The third kappa shape index (κ3) is 2.23. The van der Waals surface area contributed by atoms with Crippen molar-refractivity contribution < 1.29 is 4.74 Å². The number of benzene rings is 1. The molecule has 2 heteroatoms. The zero-order chi connectivity index (χ0) is 9.10. The summed E-state index contributed by atoms with van der Waals surface area (Å²) in [5.41, 5.74) is 1.33. The predicted molar refractivity (Wildman–Crippen MR) is 62.2 cm³/mol. The van der Waals surface area contributed by atoms with E-state index in [0.717, 1.165) is 4.43 Å². The number of alkyl halides is 1. The molecule has 0 aliphatic carbocycles. The maximum absolute atomic E-state index is 5.89. The molecule has 0 aromatic heterocycles. The number of hydrogen-bond acceptors (Lipinski definition) is 1. The molecule has 0 radical (unpaired) electrons. The van der Waals surface area contributed by atoms with Gasteiger partial charge in [-0.25, -0.2) is 0 Å². The van der Waals surface area contributed by atoms with E-state index < -0.39 is 0 Å². The molecule has 0 spiro atoms. The van der Waals surface area contributed by atoms with Crippen LogP contribution < -0.4 is 0 Å². The van der Waals surface area contributed by atoms with E-state index in [-0.39, 0.29) is 0 Å². The van der Waals surface area contributed by atoms with Gasteiger partial charge in [0.05, 0.1) is 12.2 Å². The van der Waals surface area contributed by atoms with Crippen LogP contribution >= 0.6 is 22.6 Å². The maximum Gasteiger partial charge on any atom is 0.0830 e. The molecule has 1 aliphatic rings. The molecule has 1 fully saturated rings. The van der Waals surface area contributed by atoms with Crippen molar-refractivity contribution in [1.29, 1.82) is 0 Å². The fourth-order valence-corrected chi connectivity index (χ4v) is 2.38. The zero-order valence-corrected chi connectivity index (χ0v) is 9.61. The Morgan fingerprint density at radius 3 is 2.62 bits per heavy atom. The molecule has 1 aromatic carbocycles. The second kappa shape index (κ2) is 4.42. The lowest BCUT2D eigenvalue weighted by molar-refractivity contribution is 0.0597. The zero-order valence-electron chi connectivity index (χ0n) is 7.45. The molecular formula is C11H13IO. The second-order valence-electron chi connectivity index (χ2n) is 3.39. The summed E-state index contributed by atoms with van der Waals surface area (Å²) >= 11 is 2.39. The molecule has 0 N–H and O–H groups in total. The lowest BCUT2D eigenvalue weighted by atomic mass is 10.1. The first kappa shape index (κ1) is 9.46. The quantitative estimate of drug-likeness (QED) is 0.599. The van der Waals surface area contributed by atoms with Crippen molar-refractivity contribution in [3.05, 3.63) is 35.9 Å². The molecule has 1 aromatic rings. The van der Waals surface area contributed by atoms with E-state index in [1.165, 1.54) is 18.4 Å². The lowest BCUT2D eigenvalue weighted by Crippen LogP contribution is -2.07. The molecule has 2 rings (SSSR count). The van der Waals surface area contributed by atoms with E-state index in [1.807, 2.05) is 6.07 Å². The Hall–Kier alpha value is -0.0900. The second-order valence-corrected chi connectivity index (χ2v) is 4.27. The van der Waals surface area contributed by atoms with Crippen molar-refractivity contribution in [3.63, 3.8) is 0 Å². The van der Waals surface area contributed by atoms with Crippen molar-refractivity contribution in [2.45, 2.75) is 25.0 Å². The summed E-state index contributed by atoms with van der Waals surface area (Å²) in [6, 6.07) is 10.5. The van der Waals surface area contributed by atoms with Gasteiger partial charge in [0.1, 0.15) is 0 Å². The van der Waals surface area contributed by atoms with Crippen LogP contribution in [0.2, 0.25) is 0 Å². The van der Waals surface area contributed by atoms with Gasteiger partial charge in [0.2, 0.25) is 0 Å². The number of halogens is 1. The largest absolute Gasteiger partial charge is 0.370 e. The summed E-state index contributed by atoms with van der Waals surface area (Å²) in [6.07, 6.45) is 3.21. The van der Waals surface area contributed by atoms with Gasteiger partial charge in [-0.15, -0.1) is 0 Å². The molecule has 0 bridgehead atoms. The fraction of sp³-hybridized carbons (Fsp3) is 0.455. The first-order valence-corrected chi connectivity index (χ1v) is 6.19. The highest BCUT2D eigenvalue weighted by molar-refractivity contribution is 14.1. The average molecular weight is 288 g/mol.